The molecular weight excluding hydrogens is 412 g/mol. The van der Waals surface area contributed by atoms with Crippen molar-refractivity contribution in [1.29, 1.82) is 0 Å². The van der Waals surface area contributed by atoms with E-state index >= 15 is 0 Å². The molecule has 1 unspecified atom stereocenters. The molecule has 0 bridgehead atoms. The Kier molecular flexibility index (Phi) is 4.48. The summed E-state index contributed by atoms with van der Waals surface area (Å²) in [5.74, 6) is -1.17. The first-order chi connectivity index (χ1) is 15.3. The molecule has 1 atom stereocenters. The molecule has 1 aliphatic heterocycles. The van der Waals surface area contributed by atoms with Crippen LogP contribution in [0.5, 0.6) is 11.5 Å². The zero-order valence-electron chi connectivity index (χ0n) is 17.3. The Morgan fingerprint density at radius 1 is 1.06 bits per heavy atom. The van der Waals surface area contributed by atoms with Crippen LogP contribution in [0, 0.1) is 6.92 Å². The largest absolute Gasteiger partial charge is 0.506 e. The third-order valence-electron chi connectivity index (χ3n) is 5.66. The Morgan fingerprint density at radius 2 is 1.81 bits per heavy atom. The maximum absolute atomic E-state index is 12.5. The van der Waals surface area contributed by atoms with Crippen LogP contribution in [-0.2, 0) is 4.79 Å². The standard InChI is InChI=1S/C25H18O7/c1-12-10-18(27)31-24-20(12)23(29)21(13(2)26)25-22(24)15(11-19(28)32-25)17-9-8-16(30-17)14-6-4-3-5-7-14/h3-10,15,29H,11H2,1-2H3. The van der Waals surface area contributed by atoms with Crippen molar-refractivity contribution in [3.05, 3.63) is 81.4 Å². The normalized spacial score (nSPS) is 15.4. The first kappa shape index (κ1) is 19.8. The lowest BCUT2D eigenvalue weighted by molar-refractivity contribution is -0.135. The first-order valence-corrected chi connectivity index (χ1v) is 10.0. The van der Waals surface area contributed by atoms with E-state index in [9.17, 15) is 19.5 Å². The van der Waals surface area contributed by atoms with Gasteiger partial charge in [-0.25, -0.2) is 4.79 Å². The number of furan rings is 1. The number of phenolic OH excluding ortho intramolecular Hbond substituents is 1. The van der Waals surface area contributed by atoms with Crippen LogP contribution in [0.3, 0.4) is 0 Å². The van der Waals surface area contributed by atoms with E-state index in [1.807, 2.05) is 30.3 Å². The highest BCUT2D eigenvalue weighted by Crippen LogP contribution is 2.50. The summed E-state index contributed by atoms with van der Waals surface area (Å²) in [7, 11) is 0. The minimum Gasteiger partial charge on any atom is -0.506 e. The van der Waals surface area contributed by atoms with Crippen LogP contribution in [0.2, 0.25) is 0 Å². The van der Waals surface area contributed by atoms with Crippen LogP contribution in [0.1, 0.15) is 46.5 Å². The maximum Gasteiger partial charge on any atom is 0.336 e. The number of carbonyl (C=O) groups excluding carboxylic acids is 2. The number of phenols is 1. The van der Waals surface area contributed by atoms with E-state index in [1.54, 1.807) is 19.1 Å². The zero-order valence-corrected chi connectivity index (χ0v) is 17.3. The van der Waals surface area contributed by atoms with Crippen LogP contribution in [-0.4, -0.2) is 16.9 Å². The van der Waals surface area contributed by atoms with Gasteiger partial charge < -0.3 is 18.7 Å². The Hall–Kier alpha value is -4.13. The zero-order chi connectivity index (χ0) is 22.6. The molecule has 1 N–H and O–H groups in total. The maximum atomic E-state index is 12.5. The molecule has 4 aromatic rings. The van der Waals surface area contributed by atoms with Gasteiger partial charge in [-0.15, -0.1) is 0 Å². The van der Waals surface area contributed by atoms with E-state index < -0.39 is 23.3 Å². The van der Waals surface area contributed by atoms with E-state index in [0.717, 1.165) is 5.56 Å². The summed E-state index contributed by atoms with van der Waals surface area (Å²) in [5.41, 5.74) is 0.962. The molecule has 0 spiro atoms. The van der Waals surface area contributed by atoms with Gasteiger partial charge in [0.25, 0.3) is 0 Å². The van der Waals surface area contributed by atoms with Crippen LogP contribution < -0.4 is 10.4 Å². The fraction of sp³-hybridized carbons (Fsp3) is 0.160. The fourth-order valence-corrected chi connectivity index (χ4v) is 4.28. The fourth-order valence-electron chi connectivity index (χ4n) is 4.28. The SMILES string of the molecule is CC(=O)c1c2c(c3oc(=O)cc(C)c3c1O)C(c1ccc(-c3ccccc3)o1)CC(=O)O2. The highest BCUT2D eigenvalue weighted by molar-refractivity contribution is 6.08. The summed E-state index contributed by atoms with van der Waals surface area (Å²) in [4.78, 5) is 37.1. The second-order valence-electron chi connectivity index (χ2n) is 7.77. The van der Waals surface area contributed by atoms with Crippen molar-refractivity contribution < 1.29 is 28.3 Å². The topological polar surface area (TPSA) is 107 Å². The number of ketones is 1. The van der Waals surface area contributed by atoms with Gasteiger partial charge in [-0.1, -0.05) is 30.3 Å². The Morgan fingerprint density at radius 3 is 2.53 bits per heavy atom. The number of aryl methyl sites for hydroxylation is 1. The average molecular weight is 430 g/mol. The molecule has 0 aliphatic carbocycles. The molecule has 0 saturated heterocycles. The third kappa shape index (κ3) is 3.01. The highest BCUT2D eigenvalue weighted by atomic mass is 16.5. The van der Waals surface area contributed by atoms with Crippen molar-refractivity contribution in [1.82, 2.24) is 0 Å². The molecule has 0 radical (unpaired) electrons. The number of carbonyl (C=O) groups is 2. The van der Waals surface area contributed by atoms with Crippen molar-refractivity contribution in [2.45, 2.75) is 26.2 Å². The molecule has 3 heterocycles. The molecule has 0 saturated carbocycles. The molecule has 32 heavy (non-hydrogen) atoms. The number of Topliss-reactive ketones (excluding diaryl/α,β-unsaturated/α-hetero) is 1. The summed E-state index contributed by atoms with van der Waals surface area (Å²) in [6.45, 7) is 2.91. The summed E-state index contributed by atoms with van der Waals surface area (Å²) >= 11 is 0. The van der Waals surface area contributed by atoms with Crippen LogP contribution >= 0.6 is 0 Å². The van der Waals surface area contributed by atoms with Crippen molar-refractivity contribution in [3.8, 4) is 22.8 Å². The highest BCUT2D eigenvalue weighted by Gasteiger charge is 2.38. The van der Waals surface area contributed by atoms with Gasteiger partial charge in [-0.3, -0.25) is 9.59 Å². The van der Waals surface area contributed by atoms with Gasteiger partial charge in [0.2, 0.25) is 0 Å². The monoisotopic (exact) mass is 430 g/mol. The minimum absolute atomic E-state index is 0.0719. The van der Waals surface area contributed by atoms with Gasteiger partial charge in [-0.2, -0.15) is 0 Å². The van der Waals surface area contributed by atoms with Gasteiger partial charge >= 0.3 is 11.6 Å². The summed E-state index contributed by atoms with van der Waals surface area (Å²) in [5, 5.41) is 11.1. The van der Waals surface area contributed by atoms with Crippen LogP contribution in [0.4, 0.5) is 0 Å². The molecule has 1 aliphatic rings. The second kappa shape index (κ2) is 7.23. The van der Waals surface area contributed by atoms with Gasteiger partial charge in [0.05, 0.1) is 23.3 Å². The number of hydrogen-bond acceptors (Lipinski definition) is 7. The summed E-state index contributed by atoms with van der Waals surface area (Å²) in [6.07, 6.45) is -0.0797. The Bertz CT molecular complexity index is 1460. The molecule has 2 aromatic heterocycles. The number of esters is 1. The van der Waals surface area contributed by atoms with Gasteiger partial charge in [0.1, 0.15) is 28.4 Å². The summed E-state index contributed by atoms with van der Waals surface area (Å²) < 4.78 is 17.0. The van der Waals surface area contributed by atoms with Gasteiger partial charge in [-0.05, 0) is 31.5 Å². The van der Waals surface area contributed by atoms with E-state index in [0.29, 0.717) is 22.6 Å². The number of rotatable bonds is 3. The van der Waals surface area contributed by atoms with Crippen molar-refractivity contribution in [2.75, 3.05) is 0 Å². The first-order valence-electron chi connectivity index (χ1n) is 10.0. The lowest BCUT2D eigenvalue weighted by atomic mass is 9.85. The molecule has 7 nitrogen and oxygen atoms in total. The minimum atomic E-state index is -0.671. The van der Waals surface area contributed by atoms with Crippen LogP contribution in [0.15, 0.2) is 62.2 Å². The van der Waals surface area contributed by atoms with E-state index in [1.165, 1.54) is 13.0 Å². The van der Waals surface area contributed by atoms with E-state index in [-0.39, 0.29) is 34.5 Å². The van der Waals surface area contributed by atoms with Crippen molar-refractivity contribution in [2.24, 2.45) is 0 Å². The van der Waals surface area contributed by atoms with Crippen molar-refractivity contribution in [3.63, 3.8) is 0 Å². The molecule has 5 rings (SSSR count). The number of aromatic hydroxyl groups is 1. The van der Waals surface area contributed by atoms with Crippen LogP contribution in [0.25, 0.3) is 22.3 Å². The smallest absolute Gasteiger partial charge is 0.336 e. The quantitative estimate of drug-likeness (QED) is 0.217. The predicted molar refractivity (Wildman–Crippen MR) is 115 cm³/mol. The number of fused-ring (bicyclic) bond motifs is 3. The third-order valence-corrected chi connectivity index (χ3v) is 5.66. The van der Waals surface area contributed by atoms with Crippen molar-refractivity contribution >= 4 is 22.7 Å². The lowest BCUT2D eigenvalue weighted by Gasteiger charge is -2.26. The molecule has 160 valence electrons. The molecule has 7 heteroatoms. The van der Waals surface area contributed by atoms with E-state index in [4.69, 9.17) is 13.6 Å². The predicted octanol–water partition coefficient (Wildman–Crippen LogP) is 4.71. The lowest BCUT2D eigenvalue weighted by Crippen LogP contribution is -2.23. The molecular formula is C25H18O7. The Balaban J connectivity index is 1.82. The van der Waals surface area contributed by atoms with Gasteiger partial charge in [0.15, 0.2) is 11.5 Å². The van der Waals surface area contributed by atoms with Gasteiger partial charge in [0, 0.05) is 11.6 Å². The van der Waals surface area contributed by atoms with E-state index in [2.05, 4.69) is 0 Å². The molecule has 0 amide bonds. The number of benzene rings is 2. The second-order valence-corrected chi connectivity index (χ2v) is 7.77. The number of hydrogen-bond donors (Lipinski definition) is 1. The molecule has 0 fully saturated rings. The number of ether oxygens (including phenoxy) is 1. The summed E-state index contributed by atoms with van der Waals surface area (Å²) in [6, 6.07) is 14.2. The molecule has 2 aromatic carbocycles. The Labute approximate surface area is 181 Å². The average Bonchev–Trinajstić information content (AvgIpc) is 3.23.